The van der Waals surface area contributed by atoms with E-state index in [1.54, 1.807) is 30.3 Å². The Morgan fingerprint density at radius 3 is 2.73 bits per heavy atom. The van der Waals surface area contributed by atoms with E-state index in [2.05, 4.69) is 0 Å². The van der Waals surface area contributed by atoms with Crippen molar-refractivity contribution in [2.45, 2.75) is 44.4 Å². The summed E-state index contributed by atoms with van der Waals surface area (Å²) in [7, 11) is 0. The van der Waals surface area contributed by atoms with Crippen LogP contribution in [0.4, 0.5) is 0 Å². The summed E-state index contributed by atoms with van der Waals surface area (Å²) in [5.74, 6) is -0.899. The van der Waals surface area contributed by atoms with Crippen LogP contribution in [0.1, 0.15) is 42.5 Å². The number of fused-ring (bicyclic) bond motifs is 1. The summed E-state index contributed by atoms with van der Waals surface area (Å²) in [6.07, 6.45) is 2.28. The summed E-state index contributed by atoms with van der Waals surface area (Å²) in [5.41, 5.74) is 1.94. The molecule has 2 aromatic carbocycles. The zero-order chi connectivity index (χ0) is 23.3. The number of likely N-dealkylation sites (tertiary alicyclic amines) is 1. The van der Waals surface area contributed by atoms with Gasteiger partial charge in [-0.1, -0.05) is 29.3 Å². The Morgan fingerprint density at radius 1 is 1.18 bits per heavy atom. The monoisotopic (exact) mass is 487 g/mol. The SMILES string of the molecule is CC1Cc2cc(/C(O)=C3\C(=O)C(=O)N(CC4CCCO4)C3c3ccc(Cl)cc3Cl)ccc2O1. The van der Waals surface area contributed by atoms with Crippen LogP contribution in [0, 0.1) is 0 Å². The number of ketones is 1. The molecule has 3 aliphatic heterocycles. The van der Waals surface area contributed by atoms with Crippen LogP contribution < -0.4 is 4.74 Å². The summed E-state index contributed by atoms with van der Waals surface area (Å²) in [6, 6.07) is 9.35. The van der Waals surface area contributed by atoms with Crippen molar-refractivity contribution in [1.29, 1.82) is 0 Å². The zero-order valence-electron chi connectivity index (χ0n) is 18.0. The minimum Gasteiger partial charge on any atom is -0.507 e. The predicted octanol–water partition coefficient (Wildman–Crippen LogP) is 4.92. The van der Waals surface area contributed by atoms with Crippen LogP contribution in [0.2, 0.25) is 10.0 Å². The van der Waals surface area contributed by atoms with Gasteiger partial charge < -0.3 is 19.5 Å². The number of carbonyl (C=O) groups is 2. The first-order valence-electron chi connectivity index (χ1n) is 11.0. The molecule has 33 heavy (non-hydrogen) atoms. The van der Waals surface area contributed by atoms with Gasteiger partial charge in [0.2, 0.25) is 0 Å². The summed E-state index contributed by atoms with van der Waals surface area (Å²) >= 11 is 12.6. The maximum absolute atomic E-state index is 13.2. The van der Waals surface area contributed by atoms with E-state index < -0.39 is 17.7 Å². The third-order valence-corrected chi connectivity index (χ3v) is 6.95. The number of carbonyl (C=O) groups excluding carboxylic acids is 2. The number of rotatable bonds is 4. The van der Waals surface area contributed by atoms with Gasteiger partial charge in [0.15, 0.2) is 0 Å². The van der Waals surface area contributed by atoms with Gasteiger partial charge in [0.25, 0.3) is 11.7 Å². The zero-order valence-corrected chi connectivity index (χ0v) is 19.5. The number of benzene rings is 2. The van der Waals surface area contributed by atoms with Crippen molar-refractivity contribution >= 4 is 40.7 Å². The van der Waals surface area contributed by atoms with Gasteiger partial charge in [-0.15, -0.1) is 0 Å². The van der Waals surface area contributed by atoms with Crippen LogP contribution in [0.25, 0.3) is 5.76 Å². The number of nitrogens with zero attached hydrogens (tertiary/aromatic N) is 1. The van der Waals surface area contributed by atoms with E-state index in [0.29, 0.717) is 34.2 Å². The molecule has 1 amide bonds. The van der Waals surface area contributed by atoms with Crippen molar-refractivity contribution in [3.05, 3.63) is 68.7 Å². The average Bonchev–Trinajstić information content (AvgIpc) is 3.48. The molecule has 6 nitrogen and oxygen atoms in total. The number of ether oxygens (including phenoxy) is 2. The highest BCUT2D eigenvalue weighted by Crippen LogP contribution is 2.43. The summed E-state index contributed by atoms with van der Waals surface area (Å²) in [6.45, 7) is 2.83. The maximum Gasteiger partial charge on any atom is 0.295 e. The number of halogens is 2. The quantitative estimate of drug-likeness (QED) is 0.376. The van der Waals surface area contributed by atoms with Crippen LogP contribution in [-0.2, 0) is 20.7 Å². The highest BCUT2D eigenvalue weighted by Gasteiger charge is 2.47. The fraction of sp³-hybridized carbons (Fsp3) is 0.360. The van der Waals surface area contributed by atoms with Gasteiger partial charge in [-0.05, 0) is 61.2 Å². The molecule has 3 heterocycles. The largest absolute Gasteiger partial charge is 0.507 e. The van der Waals surface area contributed by atoms with Gasteiger partial charge in [0.05, 0.1) is 17.7 Å². The number of hydrogen-bond donors (Lipinski definition) is 1. The van der Waals surface area contributed by atoms with Gasteiger partial charge in [-0.2, -0.15) is 0 Å². The van der Waals surface area contributed by atoms with Gasteiger partial charge in [0, 0.05) is 35.2 Å². The lowest BCUT2D eigenvalue weighted by Crippen LogP contribution is -2.36. The van der Waals surface area contributed by atoms with E-state index in [1.807, 2.05) is 13.0 Å². The van der Waals surface area contributed by atoms with Crippen LogP contribution in [-0.4, -0.2) is 47.1 Å². The molecule has 1 N–H and O–H groups in total. The van der Waals surface area contributed by atoms with Gasteiger partial charge in [0.1, 0.15) is 17.6 Å². The Bertz CT molecular complexity index is 1170. The molecule has 0 spiro atoms. The molecule has 2 aromatic rings. The maximum atomic E-state index is 13.2. The molecule has 3 unspecified atom stereocenters. The summed E-state index contributed by atoms with van der Waals surface area (Å²) in [5, 5.41) is 12.1. The molecule has 0 aromatic heterocycles. The van der Waals surface area contributed by atoms with E-state index in [9.17, 15) is 14.7 Å². The van der Waals surface area contributed by atoms with Gasteiger partial charge >= 0.3 is 0 Å². The number of amides is 1. The van der Waals surface area contributed by atoms with Crippen LogP contribution in [0.3, 0.4) is 0 Å². The first-order valence-corrected chi connectivity index (χ1v) is 11.7. The molecule has 8 heteroatoms. The molecular formula is C25H23Cl2NO5. The number of hydrogen-bond acceptors (Lipinski definition) is 5. The Hall–Kier alpha value is -2.54. The number of aliphatic hydroxyl groups is 1. The molecule has 5 rings (SSSR count). The lowest BCUT2D eigenvalue weighted by molar-refractivity contribution is -0.140. The topological polar surface area (TPSA) is 76.1 Å². The number of aliphatic hydroxyl groups excluding tert-OH is 1. The first kappa shape index (κ1) is 22.3. The minimum atomic E-state index is -0.845. The third kappa shape index (κ3) is 4.01. The van der Waals surface area contributed by atoms with Crippen molar-refractivity contribution in [2.24, 2.45) is 0 Å². The first-order chi connectivity index (χ1) is 15.8. The smallest absolute Gasteiger partial charge is 0.295 e. The average molecular weight is 488 g/mol. The van der Waals surface area contributed by atoms with E-state index in [4.69, 9.17) is 32.7 Å². The molecule has 0 aliphatic carbocycles. The van der Waals surface area contributed by atoms with Crippen LogP contribution in [0.15, 0.2) is 42.0 Å². The summed E-state index contributed by atoms with van der Waals surface area (Å²) < 4.78 is 11.5. The second-order valence-corrected chi connectivity index (χ2v) is 9.55. The predicted molar refractivity (Wildman–Crippen MR) is 125 cm³/mol. The summed E-state index contributed by atoms with van der Waals surface area (Å²) in [4.78, 5) is 27.8. The molecule has 172 valence electrons. The Kier molecular flexibility index (Phi) is 5.85. The van der Waals surface area contributed by atoms with E-state index >= 15 is 0 Å². The normalized spacial score (nSPS) is 26.0. The van der Waals surface area contributed by atoms with E-state index in [1.165, 1.54) is 4.90 Å². The van der Waals surface area contributed by atoms with Crippen molar-refractivity contribution < 1.29 is 24.2 Å². The van der Waals surface area contributed by atoms with Crippen molar-refractivity contribution in [1.82, 2.24) is 4.90 Å². The molecule has 0 radical (unpaired) electrons. The van der Waals surface area contributed by atoms with E-state index in [-0.39, 0.29) is 30.1 Å². The third-order valence-electron chi connectivity index (χ3n) is 6.39. The van der Waals surface area contributed by atoms with Gasteiger partial charge in [-0.3, -0.25) is 9.59 Å². The van der Waals surface area contributed by atoms with Crippen molar-refractivity contribution in [2.75, 3.05) is 13.2 Å². The minimum absolute atomic E-state index is 0.00846. The van der Waals surface area contributed by atoms with Gasteiger partial charge in [-0.25, -0.2) is 0 Å². The highest BCUT2D eigenvalue weighted by molar-refractivity contribution is 6.47. The van der Waals surface area contributed by atoms with Crippen molar-refractivity contribution in [3.8, 4) is 5.75 Å². The molecular weight excluding hydrogens is 465 g/mol. The van der Waals surface area contributed by atoms with E-state index in [0.717, 1.165) is 24.2 Å². The second-order valence-electron chi connectivity index (χ2n) is 8.71. The Balaban J connectivity index is 1.62. The Morgan fingerprint density at radius 2 is 2.00 bits per heavy atom. The highest BCUT2D eigenvalue weighted by atomic mass is 35.5. The molecule has 0 bridgehead atoms. The fourth-order valence-electron chi connectivity index (χ4n) is 4.85. The lowest BCUT2D eigenvalue weighted by atomic mass is 9.94. The number of Topliss-reactive ketones (excluding diaryl/α,β-unsaturated/α-hetero) is 1. The second kappa shape index (κ2) is 8.67. The van der Waals surface area contributed by atoms with Crippen LogP contribution in [0.5, 0.6) is 5.75 Å². The standard InChI is InChI=1S/C25H23Cl2NO5/c1-13-9-15-10-14(4-7-20(15)33-13)23(29)21-22(18-6-5-16(26)11-19(18)27)28(25(31)24(21)30)12-17-3-2-8-32-17/h4-7,10-11,13,17,22,29H,2-3,8-9,12H2,1H3/b23-21+. The van der Waals surface area contributed by atoms with Crippen molar-refractivity contribution in [3.63, 3.8) is 0 Å². The molecule has 2 fully saturated rings. The molecule has 2 saturated heterocycles. The fourth-order valence-corrected chi connectivity index (χ4v) is 5.36. The Labute approximate surface area is 201 Å². The van der Waals surface area contributed by atoms with Crippen LogP contribution >= 0.6 is 23.2 Å². The molecule has 0 saturated carbocycles. The molecule has 3 atom stereocenters. The lowest BCUT2D eigenvalue weighted by Gasteiger charge is -2.28. The molecule has 3 aliphatic rings.